The number of nitrogens with zero attached hydrogens (tertiary/aromatic N) is 4. The highest BCUT2D eigenvalue weighted by Gasteiger charge is 2.47. The molecule has 0 radical (unpaired) electrons. The minimum absolute atomic E-state index is 0.0402. The molecule has 1 fully saturated rings. The van der Waals surface area contributed by atoms with E-state index in [9.17, 15) is 10.4 Å². The van der Waals surface area contributed by atoms with Crippen LogP contribution in [0.25, 0.3) is 0 Å². The fraction of sp³-hybridized carbons (Fsp3) is 0.538. The molecule has 2 aromatic rings. The molecule has 5 rings (SSSR count). The van der Waals surface area contributed by atoms with Gasteiger partial charge < -0.3 is 15.6 Å². The van der Waals surface area contributed by atoms with E-state index in [1.807, 2.05) is 6.92 Å². The van der Waals surface area contributed by atoms with Crippen molar-refractivity contribution in [3.8, 4) is 11.9 Å². The van der Waals surface area contributed by atoms with Gasteiger partial charge in [-0.2, -0.15) is 10.2 Å². The number of hydrogen-bond donors (Lipinski definition) is 3. The third-order valence-corrected chi connectivity index (χ3v) is 9.27. The topological polar surface area (TPSA) is 132 Å². The number of nitrogens with two attached hydrogens (primary N) is 1. The van der Waals surface area contributed by atoms with Crippen molar-refractivity contribution in [2.45, 2.75) is 75.9 Å². The molecule has 0 saturated carbocycles. The molecule has 2 aliphatic carbocycles. The summed E-state index contributed by atoms with van der Waals surface area (Å²) in [7, 11) is 2.09. The highest BCUT2D eigenvalue weighted by atomic mass is 35.5. The SMILES string of the molecule is C[C@H](Oc1cc(Cl)nc(C(=N)C2=C(O)[C@@]3(CCC2)CCCc2sc(N)c(C#N)c23)n1)[C@@H]1CCCN1C. The standard InChI is InChI=1S/C26H31ClN6O2S/c1-14(17-7-5-11-33(17)2)35-20-12-19(27)31-25(32-20)22(29)15-6-3-9-26(23(15)34)10-4-8-18-21(26)16(13-28)24(30)36-18/h12,14,17,29,34H,3-11,30H2,1-2H3/t14-,17-,26-/m0/s1. The smallest absolute Gasteiger partial charge is 0.218 e. The van der Waals surface area contributed by atoms with Crippen molar-refractivity contribution < 1.29 is 9.84 Å². The van der Waals surface area contributed by atoms with Crippen LogP contribution in [0.3, 0.4) is 0 Å². The Labute approximate surface area is 220 Å². The normalized spacial score (nSPS) is 25.0. The Bertz CT molecular complexity index is 1280. The molecule has 3 heterocycles. The van der Waals surface area contributed by atoms with Gasteiger partial charge in [0, 0.05) is 22.6 Å². The molecular weight excluding hydrogens is 496 g/mol. The molecule has 36 heavy (non-hydrogen) atoms. The van der Waals surface area contributed by atoms with E-state index in [1.165, 1.54) is 11.3 Å². The zero-order valence-electron chi connectivity index (χ0n) is 20.6. The van der Waals surface area contributed by atoms with Crippen LogP contribution in [0.5, 0.6) is 5.88 Å². The number of aromatic nitrogens is 2. The molecule has 8 nitrogen and oxygen atoms in total. The van der Waals surface area contributed by atoms with E-state index in [4.69, 9.17) is 27.5 Å². The predicted molar refractivity (Wildman–Crippen MR) is 141 cm³/mol. The van der Waals surface area contributed by atoms with E-state index in [0.29, 0.717) is 47.3 Å². The summed E-state index contributed by atoms with van der Waals surface area (Å²) in [4.78, 5) is 12.2. The Morgan fingerprint density at radius 1 is 1.36 bits per heavy atom. The number of nitriles is 1. The summed E-state index contributed by atoms with van der Waals surface area (Å²) in [5.74, 6) is 0.593. The first-order chi connectivity index (χ1) is 17.2. The van der Waals surface area contributed by atoms with E-state index < -0.39 is 5.41 Å². The van der Waals surface area contributed by atoms with Crippen LogP contribution in [0.1, 0.15) is 73.7 Å². The summed E-state index contributed by atoms with van der Waals surface area (Å²) in [6.45, 7) is 3.06. The number of aliphatic hydroxyl groups excluding tert-OH is 1. The first-order valence-corrected chi connectivity index (χ1v) is 13.7. The van der Waals surface area contributed by atoms with Crippen molar-refractivity contribution >= 4 is 33.7 Å². The summed E-state index contributed by atoms with van der Waals surface area (Å²) in [6, 6.07) is 4.13. The zero-order chi connectivity index (χ0) is 25.6. The van der Waals surface area contributed by atoms with Crippen LogP contribution in [0.4, 0.5) is 5.00 Å². The fourth-order valence-corrected chi connectivity index (χ4v) is 7.63. The van der Waals surface area contributed by atoms with Crippen LogP contribution in [-0.4, -0.2) is 51.4 Å². The van der Waals surface area contributed by atoms with Gasteiger partial charge in [0.25, 0.3) is 0 Å². The second-order valence-corrected chi connectivity index (χ2v) is 11.6. The van der Waals surface area contributed by atoms with Gasteiger partial charge in [0.15, 0.2) is 5.82 Å². The molecule has 2 aromatic heterocycles. The van der Waals surface area contributed by atoms with Gasteiger partial charge in [-0.05, 0) is 77.4 Å². The number of nitrogen functional groups attached to an aromatic ring is 1. The first kappa shape index (κ1) is 25.0. The molecule has 3 aliphatic rings. The van der Waals surface area contributed by atoms with E-state index >= 15 is 0 Å². The van der Waals surface area contributed by atoms with Crippen LogP contribution < -0.4 is 10.5 Å². The monoisotopic (exact) mass is 526 g/mol. The number of rotatable bonds is 5. The third kappa shape index (κ3) is 4.15. The molecule has 0 bridgehead atoms. The maximum absolute atomic E-state index is 11.7. The van der Waals surface area contributed by atoms with E-state index in [2.05, 4.69) is 28.0 Å². The molecule has 4 N–H and O–H groups in total. The Morgan fingerprint density at radius 2 is 2.11 bits per heavy atom. The van der Waals surface area contributed by atoms with Crippen LogP contribution in [0.2, 0.25) is 5.15 Å². The summed E-state index contributed by atoms with van der Waals surface area (Å²) < 4.78 is 6.14. The number of hydrogen-bond acceptors (Lipinski definition) is 9. The number of anilines is 1. The zero-order valence-corrected chi connectivity index (χ0v) is 22.2. The second-order valence-electron chi connectivity index (χ2n) is 10.1. The fourth-order valence-electron chi connectivity index (χ4n) is 6.29. The number of ether oxygens (including phenoxy) is 1. The number of aliphatic hydroxyl groups is 1. The van der Waals surface area contributed by atoms with Crippen LogP contribution in [0, 0.1) is 16.7 Å². The molecule has 0 unspecified atom stereocenters. The number of nitrogens with one attached hydrogen (secondary N) is 1. The van der Waals surface area contributed by atoms with E-state index in [0.717, 1.165) is 49.1 Å². The Kier molecular flexibility index (Phi) is 6.70. The van der Waals surface area contributed by atoms with Crippen molar-refractivity contribution in [1.82, 2.24) is 14.9 Å². The molecule has 0 aromatic carbocycles. The summed E-state index contributed by atoms with van der Waals surface area (Å²) in [5.41, 5.74) is 7.34. The van der Waals surface area contributed by atoms with E-state index in [-0.39, 0.29) is 28.6 Å². The van der Waals surface area contributed by atoms with Gasteiger partial charge in [0.1, 0.15) is 33.8 Å². The Hall–Kier alpha value is -2.67. The molecular formula is C26H31ClN6O2S. The van der Waals surface area contributed by atoms with Gasteiger partial charge in [-0.1, -0.05) is 11.6 Å². The van der Waals surface area contributed by atoms with Gasteiger partial charge in [0.2, 0.25) is 5.88 Å². The molecule has 0 amide bonds. The summed E-state index contributed by atoms with van der Waals surface area (Å²) in [5, 5.41) is 31.2. The van der Waals surface area contributed by atoms with Crippen LogP contribution in [-0.2, 0) is 11.8 Å². The number of allylic oxidation sites excluding steroid dienone is 2. The molecule has 10 heteroatoms. The van der Waals surface area contributed by atoms with Crippen molar-refractivity contribution in [1.29, 1.82) is 10.7 Å². The summed E-state index contributed by atoms with van der Waals surface area (Å²) >= 11 is 7.77. The number of likely N-dealkylation sites (N-methyl/N-ethyl adjacent to an activating group) is 1. The van der Waals surface area contributed by atoms with Crippen LogP contribution >= 0.6 is 22.9 Å². The van der Waals surface area contributed by atoms with Crippen molar-refractivity contribution in [3.63, 3.8) is 0 Å². The number of thiophene rings is 1. The number of aryl methyl sites for hydroxylation is 1. The average molecular weight is 527 g/mol. The van der Waals surface area contributed by atoms with Crippen LogP contribution in [0.15, 0.2) is 17.4 Å². The van der Waals surface area contributed by atoms with Crippen molar-refractivity contribution in [2.24, 2.45) is 0 Å². The first-order valence-electron chi connectivity index (χ1n) is 12.5. The van der Waals surface area contributed by atoms with E-state index in [1.54, 1.807) is 6.07 Å². The quantitative estimate of drug-likeness (QED) is 0.362. The van der Waals surface area contributed by atoms with Gasteiger partial charge >= 0.3 is 0 Å². The van der Waals surface area contributed by atoms with Gasteiger partial charge in [0.05, 0.1) is 11.0 Å². The Balaban J connectivity index is 1.50. The molecule has 1 aliphatic heterocycles. The minimum atomic E-state index is -0.702. The predicted octanol–water partition coefficient (Wildman–Crippen LogP) is 5.15. The minimum Gasteiger partial charge on any atom is -0.511 e. The molecule has 3 atom stereocenters. The molecule has 190 valence electrons. The molecule has 1 spiro atoms. The third-order valence-electron chi connectivity index (χ3n) is 8.00. The molecule has 1 saturated heterocycles. The maximum Gasteiger partial charge on any atom is 0.218 e. The van der Waals surface area contributed by atoms with Crippen molar-refractivity contribution in [3.05, 3.63) is 44.4 Å². The number of fused-ring (bicyclic) bond motifs is 2. The second kappa shape index (κ2) is 9.66. The lowest BCUT2D eigenvalue weighted by atomic mass is 9.63. The summed E-state index contributed by atoms with van der Waals surface area (Å²) in [6.07, 6.45) is 6.56. The highest BCUT2D eigenvalue weighted by Crippen LogP contribution is 2.54. The lowest BCUT2D eigenvalue weighted by Crippen LogP contribution is -2.38. The van der Waals surface area contributed by atoms with Crippen molar-refractivity contribution in [2.75, 3.05) is 19.3 Å². The average Bonchev–Trinajstić information content (AvgIpc) is 3.42. The Morgan fingerprint density at radius 3 is 2.81 bits per heavy atom. The largest absolute Gasteiger partial charge is 0.511 e. The number of halogens is 1. The van der Waals surface area contributed by atoms with Gasteiger partial charge in [-0.15, -0.1) is 11.3 Å². The lowest BCUT2D eigenvalue weighted by molar-refractivity contribution is 0.117. The highest BCUT2D eigenvalue weighted by molar-refractivity contribution is 7.16. The van der Waals surface area contributed by atoms with Gasteiger partial charge in [-0.25, -0.2) is 4.98 Å². The maximum atomic E-state index is 11.7. The van der Waals surface area contributed by atoms with Gasteiger partial charge in [-0.3, -0.25) is 10.3 Å². The number of likely N-dealkylation sites (tertiary alicyclic amines) is 1. The lowest BCUT2D eigenvalue weighted by Gasteiger charge is -2.41.